The second kappa shape index (κ2) is 8.06. The van der Waals surface area contributed by atoms with Crippen LogP contribution in [0.2, 0.25) is 0 Å². The van der Waals surface area contributed by atoms with Gasteiger partial charge in [0.25, 0.3) is 5.91 Å². The number of methoxy groups -OCH3 is 1. The molecule has 4 nitrogen and oxygen atoms in total. The van der Waals surface area contributed by atoms with Crippen LogP contribution in [0, 0.1) is 0 Å². The molecule has 4 heteroatoms. The molecular formula is C21H27NO3. The van der Waals surface area contributed by atoms with Crippen LogP contribution in [0.15, 0.2) is 42.5 Å². The molecule has 0 fully saturated rings. The molecule has 2 rings (SSSR count). The van der Waals surface area contributed by atoms with Gasteiger partial charge in [-0.05, 0) is 47.7 Å². The van der Waals surface area contributed by atoms with Gasteiger partial charge in [0.2, 0.25) is 0 Å². The molecule has 0 saturated heterocycles. The van der Waals surface area contributed by atoms with Crippen molar-refractivity contribution in [3.63, 3.8) is 0 Å². The summed E-state index contributed by atoms with van der Waals surface area (Å²) in [5.41, 5.74) is 2.90. The molecule has 0 spiro atoms. The van der Waals surface area contributed by atoms with Gasteiger partial charge in [0.15, 0.2) is 11.5 Å². The van der Waals surface area contributed by atoms with Gasteiger partial charge in [-0.1, -0.05) is 39.0 Å². The van der Waals surface area contributed by atoms with Crippen molar-refractivity contribution >= 4 is 5.91 Å². The van der Waals surface area contributed by atoms with Crippen LogP contribution in [0.1, 0.15) is 49.2 Å². The minimum atomic E-state index is -0.0895. The quantitative estimate of drug-likeness (QED) is 0.851. The van der Waals surface area contributed by atoms with Crippen molar-refractivity contribution in [3.8, 4) is 11.5 Å². The van der Waals surface area contributed by atoms with Gasteiger partial charge in [0.05, 0.1) is 13.7 Å². The summed E-state index contributed by atoms with van der Waals surface area (Å²) in [5.74, 6) is 1.29. The molecule has 25 heavy (non-hydrogen) atoms. The molecule has 0 aromatic heterocycles. The van der Waals surface area contributed by atoms with Gasteiger partial charge < -0.3 is 14.8 Å². The molecule has 1 N–H and O–H groups in total. The van der Waals surface area contributed by atoms with Crippen molar-refractivity contribution in [1.82, 2.24) is 5.32 Å². The number of amides is 1. The van der Waals surface area contributed by atoms with E-state index in [-0.39, 0.29) is 11.3 Å². The van der Waals surface area contributed by atoms with Gasteiger partial charge in [0, 0.05) is 12.1 Å². The highest BCUT2D eigenvalue weighted by molar-refractivity contribution is 5.94. The molecule has 0 aliphatic heterocycles. The third-order valence-electron chi connectivity index (χ3n) is 3.99. The van der Waals surface area contributed by atoms with Crippen molar-refractivity contribution in [2.75, 3.05) is 13.7 Å². The largest absolute Gasteiger partial charge is 0.493 e. The molecule has 0 aliphatic carbocycles. The Hall–Kier alpha value is -2.49. The van der Waals surface area contributed by atoms with Crippen LogP contribution in [0.25, 0.3) is 0 Å². The Bertz CT molecular complexity index is 715. The van der Waals surface area contributed by atoms with E-state index >= 15 is 0 Å². The van der Waals surface area contributed by atoms with Gasteiger partial charge in [-0.3, -0.25) is 4.79 Å². The zero-order valence-electron chi connectivity index (χ0n) is 15.7. The minimum absolute atomic E-state index is 0.0772. The minimum Gasteiger partial charge on any atom is -0.493 e. The van der Waals surface area contributed by atoms with Gasteiger partial charge in [-0.25, -0.2) is 0 Å². The third-order valence-corrected chi connectivity index (χ3v) is 3.99. The molecule has 0 atom stereocenters. The average molecular weight is 341 g/mol. The second-order valence-electron chi connectivity index (χ2n) is 6.93. The molecule has 1 amide bonds. The number of nitrogens with one attached hydrogen (secondary N) is 1. The second-order valence-corrected chi connectivity index (χ2v) is 6.93. The van der Waals surface area contributed by atoms with Gasteiger partial charge in [0.1, 0.15) is 0 Å². The van der Waals surface area contributed by atoms with Crippen LogP contribution in [0.3, 0.4) is 0 Å². The molecule has 0 unspecified atom stereocenters. The van der Waals surface area contributed by atoms with Gasteiger partial charge >= 0.3 is 0 Å². The molecule has 0 radical (unpaired) electrons. The number of rotatable bonds is 6. The Labute approximate surface area is 150 Å². The van der Waals surface area contributed by atoms with Crippen molar-refractivity contribution in [2.45, 2.75) is 39.7 Å². The van der Waals surface area contributed by atoms with E-state index in [0.29, 0.717) is 30.2 Å². The molecular weight excluding hydrogens is 314 g/mol. The molecule has 0 saturated carbocycles. The highest BCUT2D eigenvalue weighted by Crippen LogP contribution is 2.28. The zero-order valence-corrected chi connectivity index (χ0v) is 15.7. The number of ether oxygens (including phenoxy) is 2. The third kappa shape index (κ3) is 4.99. The van der Waals surface area contributed by atoms with E-state index in [1.165, 1.54) is 5.56 Å². The lowest BCUT2D eigenvalue weighted by Crippen LogP contribution is -2.23. The van der Waals surface area contributed by atoms with Gasteiger partial charge in [-0.2, -0.15) is 0 Å². The first-order valence-corrected chi connectivity index (χ1v) is 8.53. The van der Waals surface area contributed by atoms with Crippen LogP contribution < -0.4 is 14.8 Å². The SMILES string of the molecule is CCOc1ccc(CNC(=O)c2ccc(C(C)(C)C)cc2)cc1OC. The average Bonchev–Trinajstić information content (AvgIpc) is 2.60. The molecule has 134 valence electrons. The number of hydrogen-bond donors (Lipinski definition) is 1. The Balaban J connectivity index is 2.02. The summed E-state index contributed by atoms with van der Waals surface area (Å²) in [6.45, 7) is 9.41. The van der Waals surface area contributed by atoms with E-state index in [9.17, 15) is 4.79 Å². The smallest absolute Gasteiger partial charge is 0.251 e. The van der Waals surface area contributed by atoms with Crippen molar-refractivity contribution in [2.24, 2.45) is 0 Å². The molecule has 2 aromatic rings. The maximum atomic E-state index is 12.3. The predicted octanol–water partition coefficient (Wildman–Crippen LogP) is 4.32. The lowest BCUT2D eigenvalue weighted by atomic mass is 9.87. The van der Waals surface area contributed by atoms with E-state index in [1.54, 1.807) is 7.11 Å². The van der Waals surface area contributed by atoms with Gasteiger partial charge in [-0.15, -0.1) is 0 Å². The standard InChI is InChI=1S/C21H27NO3/c1-6-25-18-12-7-15(13-19(18)24-5)14-22-20(23)16-8-10-17(11-9-16)21(2,3)4/h7-13H,6,14H2,1-5H3,(H,22,23). The number of hydrogen-bond acceptors (Lipinski definition) is 3. The molecule has 0 aliphatic rings. The summed E-state index contributed by atoms with van der Waals surface area (Å²) in [6.07, 6.45) is 0. The van der Waals surface area contributed by atoms with Crippen molar-refractivity contribution < 1.29 is 14.3 Å². The maximum Gasteiger partial charge on any atom is 0.251 e. The monoisotopic (exact) mass is 341 g/mol. The number of carbonyl (C=O) groups excluding carboxylic acids is 1. The fraction of sp³-hybridized carbons (Fsp3) is 0.381. The predicted molar refractivity (Wildman–Crippen MR) is 100 cm³/mol. The van der Waals surface area contributed by atoms with E-state index in [0.717, 1.165) is 5.56 Å². The summed E-state index contributed by atoms with van der Waals surface area (Å²) in [6, 6.07) is 13.4. The van der Waals surface area contributed by atoms with E-state index in [4.69, 9.17) is 9.47 Å². The van der Waals surface area contributed by atoms with Crippen molar-refractivity contribution in [3.05, 3.63) is 59.2 Å². The van der Waals surface area contributed by atoms with Crippen LogP contribution >= 0.6 is 0 Å². The highest BCUT2D eigenvalue weighted by Gasteiger charge is 2.14. The Kier molecular flexibility index (Phi) is 6.07. The normalized spacial score (nSPS) is 11.1. The number of carbonyl (C=O) groups is 1. The fourth-order valence-corrected chi connectivity index (χ4v) is 2.50. The van der Waals surface area contributed by atoms with Crippen LogP contribution in [0.5, 0.6) is 11.5 Å². The Morgan fingerprint density at radius 3 is 2.28 bits per heavy atom. The first kappa shape index (κ1) is 18.8. The van der Waals surface area contributed by atoms with Crippen LogP contribution in [-0.2, 0) is 12.0 Å². The number of benzene rings is 2. The molecule has 0 heterocycles. The fourth-order valence-electron chi connectivity index (χ4n) is 2.50. The van der Waals surface area contributed by atoms with Crippen LogP contribution in [0.4, 0.5) is 0 Å². The van der Waals surface area contributed by atoms with E-state index < -0.39 is 0 Å². The Morgan fingerprint density at radius 1 is 1.04 bits per heavy atom. The zero-order chi connectivity index (χ0) is 18.4. The first-order valence-electron chi connectivity index (χ1n) is 8.53. The first-order chi connectivity index (χ1) is 11.8. The molecule has 0 bridgehead atoms. The summed E-state index contributed by atoms with van der Waals surface area (Å²) >= 11 is 0. The highest BCUT2D eigenvalue weighted by atomic mass is 16.5. The van der Waals surface area contributed by atoms with Crippen LogP contribution in [-0.4, -0.2) is 19.6 Å². The maximum absolute atomic E-state index is 12.3. The summed E-state index contributed by atoms with van der Waals surface area (Å²) in [7, 11) is 1.61. The molecule has 2 aromatic carbocycles. The summed E-state index contributed by atoms with van der Waals surface area (Å²) in [4.78, 5) is 12.3. The van der Waals surface area contributed by atoms with Crippen molar-refractivity contribution in [1.29, 1.82) is 0 Å². The lowest BCUT2D eigenvalue weighted by molar-refractivity contribution is 0.0951. The van der Waals surface area contributed by atoms with E-state index in [1.807, 2.05) is 49.4 Å². The Morgan fingerprint density at radius 2 is 1.72 bits per heavy atom. The van der Waals surface area contributed by atoms with E-state index in [2.05, 4.69) is 26.1 Å². The summed E-state index contributed by atoms with van der Waals surface area (Å²) < 4.78 is 10.8. The lowest BCUT2D eigenvalue weighted by Gasteiger charge is -2.19. The summed E-state index contributed by atoms with van der Waals surface area (Å²) in [5, 5.41) is 2.94. The topological polar surface area (TPSA) is 47.6 Å².